The standard InChI is InChI=1S/C11H11F3N4O3/c1-4-2-5-7(15-4)17-10(11(12,13)14)18-8(5)16-6(3-19)9(20)21/h2,6,19H,3H2,1H3,(H,20,21)(H2,15,16,17,18). The molecule has 21 heavy (non-hydrogen) atoms. The van der Waals surface area contributed by atoms with Crippen LogP contribution in [0, 0.1) is 6.92 Å². The smallest absolute Gasteiger partial charge is 0.451 e. The van der Waals surface area contributed by atoms with Crippen LogP contribution in [0.4, 0.5) is 19.0 Å². The predicted octanol–water partition coefficient (Wildman–Crippen LogP) is 1.14. The zero-order chi connectivity index (χ0) is 15.8. The molecule has 2 aromatic heterocycles. The van der Waals surface area contributed by atoms with Crippen LogP contribution < -0.4 is 5.32 Å². The van der Waals surface area contributed by atoms with E-state index in [2.05, 4.69) is 20.3 Å². The number of aliphatic hydroxyl groups excluding tert-OH is 1. The number of nitrogens with one attached hydrogen (secondary N) is 2. The first-order valence-corrected chi connectivity index (χ1v) is 5.77. The Labute approximate surface area is 115 Å². The molecule has 2 heterocycles. The molecule has 0 bridgehead atoms. The third kappa shape index (κ3) is 3.05. The molecule has 4 N–H and O–H groups in total. The van der Waals surface area contributed by atoms with E-state index in [0.29, 0.717) is 5.69 Å². The summed E-state index contributed by atoms with van der Waals surface area (Å²) in [5, 5.41) is 20.3. The van der Waals surface area contributed by atoms with Gasteiger partial charge >= 0.3 is 12.1 Å². The van der Waals surface area contributed by atoms with E-state index in [1.54, 1.807) is 6.92 Å². The number of hydrogen-bond donors (Lipinski definition) is 4. The quantitative estimate of drug-likeness (QED) is 0.674. The van der Waals surface area contributed by atoms with Crippen LogP contribution in [0.2, 0.25) is 0 Å². The molecule has 0 saturated heterocycles. The molecule has 0 amide bonds. The fourth-order valence-electron chi connectivity index (χ4n) is 1.73. The monoisotopic (exact) mass is 304 g/mol. The summed E-state index contributed by atoms with van der Waals surface area (Å²) < 4.78 is 38.2. The normalized spacial score (nSPS) is 13.4. The second-order valence-corrected chi connectivity index (χ2v) is 4.33. The van der Waals surface area contributed by atoms with Crippen molar-refractivity contribution in [2.24, 2.45) is 0 Å². The van der Waals surface area contributed by atoms with E-state index in [1.807, 2.05) is 0 Å². The molecule has 0 radical (unpaired) electrons. The highest BCUT2D eigenvalue weighted by Gasteiger charge is 2.36. The number of alkyl halides is 3. The SMILES string of the molecule is Cc1cc2c(NC(CO)C(=O)O)nc(C(F)(F)F)nc2[nH]1. The van der Waals surface area contributed by atoms with Gasteiger partial charge < -0.3 is 20.5 Å². The van der Waals surface area contributed by atoms with Gasteiger partial charge in [-0.3, -0.25) is 0 Å². The molecule has 0 saturated carbocycles. The average molecular weight is 304 g/mol. The molecule has 0 aliphatic rings. The minimum Gasteiger partial charge on any atom is -0.480 e. The van der Waals surface area contributed by atoms with Crippen LogP contribution in [0.1, 0.15) is 11.5 Å². The van der Waals surface area contributed by atoms with Gasteiger partial charge in [0.1, 0.15) is 17.5 Å². The van der Waals surface area contributed by atoms with Crippen molar-refractivity contribution in [1.29, 1.82) is 0 Å². The Hall–Kier alpha value is -2.36. The summed E-state index contributed by atoms with van der Waals surface area (Å²) in [5.74, 6) is -3.12. The summed E-state index contributed by atoms with van der Waals surface area (Å²) in [6.07, 6.45) is -4.78. The second kappa shape index (κ2) is 5.20. The number of fused-ring (bicyclic) bond motifs is 1. The molecule has 2 aromatic rings. The topological polar surface area (TPSA) is 111 Å². The number of H-pyrrole nitrogens is 1. The molecule has 0 fully saturated rings. The minimum atomic E-state index is -4.78. The number of aliphatic carboxylic acids is 1. The Bertz CT molecular complexity index is 683. The Morgan fingerprint density at radius 1 is 1.48 bits per heavy atom. The Balaban J connectivity index is 2.56. The number of aromatic nitrogens is 3. The highest BCUT2D eigenvalue weighted by atomic mass is 19.4. The first-order chi connectivity index (χ1) is 9.72. The Morgan fingerprint density at radius 3 is 2.67 bits per heavy atom. The average Bonchev–Trinajstić information content (AvgIpc) is 2.74. The van der Waals surface area contributed by atoms with E-state index in [9.17, 15) is 18.0 Å². The highest BCUT2D eigenvalue weighted by molar-refractivity contribution is 5.90. The number of nitrogens with zero attached hydrogens (tertiary/aromatic N) is 2. The molecule has 2 rings (SSSR count). The van der Waals surface area contributed by atoms with Gasteiger partial charge in [0.2, 0.25) is 5.82 Å². The van der Waals surface area contributed by atoms with Gasteiger partial charge in [-0.15, -0.1) is 0 Å². The summed E-state index contributed by atoms with van der Waals surface area (Å²) in [6.45, 7) is 0.811. The van der Waals surface area contributed by atoms with Gasteiger partial charge in [0.05, 0.1) is 12.0 Å². The van der Waals surface area contributed by atoms with Crippen molar-refractivity contribution < 1.29 is 28.2 Å². The van der Waals surface area contributed by atoms with Crippen molar-refractivity contribution in [2.45, 2.75) is 19.1 Å². The lowest BCUT2D eigenvalue weighted by molar-refractivity contribution is -0.144. The van der Waals surface area contributed by atoms with Crippen LogP contribution in [-0.4, -0.2) is 43.8 Å². The molecule has 0 aliphatic carbocycles. The number of aromatic amines is 1. The van der Waals surface area contributed by atoms with Crippen LogP contribution in [0.15, 0.2) is 6.07 Å². The predicted molar refractivity (Wildman–Crippen MR) is 65.8 cm³/mol. The highest BCUT2D eigenvalue weighted by Crippen LogP contribution is 2.30. The minimum absolute atomic E-state index is 0.0700. The number of carboxylic acid groups (broad SMARTS) is 1. The molecule has 0 aliphatic heterocycles. The number of aryl methyl sites for hydroxylation is 1. The van der Waals surface area contributed by atoms with Crippen LogP contribution >= 0.6 is 0 Å². The number of carbonyl (C=O) groups is 1. The summed E-state index contributed by atoms with van der Waals surface area (Å²) in [4.78, 5) is 20.2. The maximum atomic E-state index is 12.7. The van der Waals surface area contributed by atoms with Crippen molar-refractivity contribution in [1.82, 2.24) is 15.0 Å². The molecule has 114 valence electrons. The van der Waals surface area contributed by atoms with E-state index in [1.165, 1.54) is 6.07 Å². The maximum Gasteiger partial charge on any atom is 0.451 e. The Kier molecular flexibility index (Phi) is 3.73. The number of aliphatic hydroxyl groups is 1. The lowest BCUT2D eigenvalue weighted by Crippen LogP contribution is -2.33. The van der Waals surface area contributed by atoms with Crippen LogP contribution in [0.25, 0.3) is 11.0 Å². The summed E-state index contributed by atoms with van der Waals surface area (Å²) >= 11 is 0. The Morgan fingerprint density at radius 2 is 2.14 bits per heavy atom. The number of rotatable bonds is 4. The lowest BCUT2D eigenvalue weighted by Gasteiger charge is -2.14. The van der Waals surface area contributed by atoms with Crippen molar-refractivity contribution in [2.75, 3.05) is 11.9 Å². The zero-order valence-corrected chi connectivity index (χ0v) is 10.7. The van der Waals surface area contributed by atoms with Crippen LogP contribution in [0.3, 0.4) is 0 Å². The number of hydrogen-bond acceptors (Lipinski definition) is 5. The summed E-state index contributed by atoms with van der Waals surface area (Å²) in [7, 11) is 0. The van der Waals surface area contributed by atoms with Crippen LogP contribution in [0.5, 0.6) is 0 Å². The van der Waals surface area contributed by atoms with E-state index in [4.69, 9.17) is 10.2 Å². The fourth-order valence-corrected chi connectivity index (χ4v) is 1.73. The van der Waals surface area contributed by atoms with Crippen molar-refractivity contribution in [3.05, 3.63) is 17.6 Å². The molecular weight excluding hydrogens is 293 g/mol. The molecule has 0 aromatic carbocycles. The van der Waals surface area contributed by atoms with Crippen molar-refractivity contribution in [3.63, 3.8) is 0 Å². The van der Waals surface area contributed by atoms with Gasteiger partial charge in [0, 0.05) is 5.69 Å². The first-order valence-electron chi connectivity index (χ1n) is 5.77. The van der Waals surface area contributed by atoms with E-state index < -0.39 is 30.6 Å². The van der Waals surface area contributed by atoms with Gasteiger partial charge in [-0.1, -0.05) is 0 Å². The third-order valence-electron chi connectivity index (χ3n) is 2.67. The zero-order valence-electron chi connectivity index (χ0n) is 10.7. The van der Waals surface area contributed by atoms with Crippen molar-refractivity contribution >= 4 is 22.8 Å². The number of carboxylic acids is 1. The van der Waals surface area contributed by atoms with E-state index in [-0.39, 0.29) is 16.9 Å². The van der Waals surface area contributed by atoms with Gasteiger partial charge in [0.25, 0.3) is 0 Å². The molecule has 1 atom stereocenters. The van der Waals surface area contributed by atoms with Gasteiger partial charge in [-0.2, -0.15) is 13.2 Å². The van der Waals surface area contributed by atoms with Gasteiger partial charge in [0.15, 0.2) is 0 Å². The summed E-state index contributed by atoms with van der Waals surface area (Å²) in [5.41, 5.74) is 0.469. The van der Waals surface area contributed by atoms with Crippen LogP contribution in [-0.2, 0) is 11.0 Å². The van der Waals surface area contributed by atoms with Crippen molar-refractivity contribution in [3.8, 4) is 0 Å². The third-order valence-corrected chi connectivity index (χ3v) is 2.67. The van der Waals surface area contributed by atoms with E-state index in [0.717, 1.165) is 0 Å². The largest absolute Gasteiger partial charge is 0.480 e. The first kappa shape index (κ1) is 15.0. The molecule has 1 unspecified atom stereocenters. The number of anilines is 1. The fraction of sp³-hybridized carbons (Fsp3) is 0.364. The second-order valence-electron chi connectivity index (χ2n) is 4.33. The molecule has 7 nitrogen and oxygen atoms in total. The molecule has 10 heteroatoms. The molecule has 0 spiro atoms. The maximum absolute atomic E-state index is 12.7. The van der Waals surface area contributed by atoms with Gasteiger partial charge in [-0.25, -0.2) is 14.8 Å². The van der Waals surface area contributed by atoms with Gasteiger partial charge in [-0.05, 0) is 13.0 Å². The number of halogens is 3. The van der Waals surface area contributed by atoms with E-state index >= 15 is 0 Å². The lowest BCUT2D eigenvalue weighted by atomic mass is 10.3. The summed E-state index contributed by atoms with van der Waals surface area (Å²) in [6, 6.07) is 0.00748. The molecular formula is C11H11F3N4O3.